The standard InChI is InChI=1S/C24H24N4O3.C5H11N/c1-3-17(29)11-13-25-23(30)22-19-12-14-28(15-20(19)26-24(27-22)31-2)21-10-6-8-16-7-4-5-9-18(16)21;1-6-4-2-3-5-6/h3-10H,1,11-15H2,2H3,(H,25,30);2-5H2,1H3. The van der Waals surface area contributed by atoms with Gasteiger partial charge in [-0.25, -0.2) is 0 Å². The molecular formula is C29H35N5O3. The minimum atomic E-state index is -0.326. The van der Waals surface area contributed by atoms with Gasteiger partial charge in [-0.3, -0.25) is 9.59 Å². The summed E-state index contributed by atoms with van der Waals surface area (Å²) in [5.74, 6) is -0.444. The summed E-state index contributed by atoms with van der Waals surface area (Å²) in [5.41, 5.74) is 3.05. The van der Waals surface area contributed by atoms with E-state index in [0.717, 1.165) is 23.5 Å². The third kappa shape index (κ3) is 6.51. The van der Waals surface area contributed by atoms with Crippen LogP contribution in [0.5, 0.6) is 6.01 Å². The first-order chi connectivity index (χ1) is 18.0. The molecule has 0 radical (unpaired) electrons. The lowest BCUT2D eigenvalue weighted by Gasteiger charge is -2.31. The van der Waals surface area contributed by atoms with Crippen LogP contribution in [0.1, 0.15) is 41.0 Å². The lowest BCUT2D eigenvalue weighted by atomic mass is 10.00. The van der Waals surface area contributed by atoms with Crippen LogP contribution in [-0.4, -0.2) is 66.9 Å². The fourth-order valence-corrected chi connectivity index (χ4v) is 4.74. The zero-order chi connectivity index (χ0) is 26.2. The fraction of sp³-hybridized carbons (Fsp3) is 0.379. The number of allylic oxidation sites excluding steroid dienone is 1. The lowest BCUT2D eigenvalue weighted by molar-refractivity contribution is -0.114. The maximum absolute atomic E-state index is 12.8. The number of anilines is 1. The molecule has 0 bridgehead atoms. The van der Waals surface area contributed by atoms with E-state index in [2.05, 4.69) is 69.0 Å². The van der Waals surface area contributed by atoms with E-state index in [1.54, 1.807) is 0 Å². The van der Waals surface area contributed by atoms with Gasteiger partial charge in [0.2, 0.25) is 0 Å². The van der Waals surface area contributed by atoms with E-state index < -0.39 is 0 Å². The highest BCUT2D eigenvalue weighted by molar-refractivity contribution is 5.96. The number of ketones is 1. The number of amides is 1. The smallest absolute Gasteiger partial charge is 0.317 e. The summed E-state index contributed by atoms with van der Waals surface area (Å²) in [5, 5.41) is 5.13. The van der Waals surface area contributed by atoms with Crippen LogP contribution < -0.4 is 15.0 Å². The van der Waals surface area contributed by atoms with Crippen LogP contribution in [0.15, 0.2) is 55.1 Å². The Balaban J connectivity index is 0.000000469. The van der Waals surface area contributed by atoms with Crippen molar-refractivity contribution in [2.45, 2.75) is 32.2 Å². The highest BCUT2D eigenvalue weighted by Gasteiger charge is 2.26. The van der Waals surface area contributed by atoms with Crippen LogP contribution in [0.25, 0.3) is 10.8 Å². The van der Waals surface area contributed by atoms with E-state index in [-0.39, 0.29) is 30.7 Å². The second kappa shape index (κ2) is 12.5. The van der Waals surface area contributed by atoms with Crippen molar-refractivity contribution < 1.29 is 14.3 Å². The average molecular weight is 502 g/mol. The molecule has 0 aliphatic carbocycles. The van der Waals surface area contributed by atoms with E-state index >= 15 is 0 Å². The van der Waals surface area contributed by atoms with E-state index in [0.29, 0.717) is 18.7 Å². The second-order valence-electron chi connectivity index (χ2n) is 9.34. The first-order valence-electron chi connectivity index (χ1n) is 12.8. The average Bonchev–Trinajstić information content (AvgIpc) is 3.42. The van der Waals surface area contributed by atoms with Gasteiger partial charge in [0.25, 0.3) is 5.91 Å². The molecule has 3 heterocycles. The summed E-state index contributed by atoms with van der Waals surface area (Å²) in [4.78, 5) is 37.6. The van der Waals surface area contributed by atoms with Crippen LogP contribution in [0.2, 0.25) is 0 Å². The van der Waals surface area contributed by atoms with E-state index in [4.69, 9.17) is 4.74 Å². The summed E-state index contributed by atoms with van der Waals surface area (Å²) in [6.07, 6.45) is 4.92. The summed E-state index contributed by atoms with van der Waals surface area (Å²) in [6, 6.07) is 14.7. The molecule has 194 valence electrons. The number of likely N-dealkylation sites (tertiary alicyclic amines) is 1. The minimum absolute atomic E-state index is 0.117. The minimum Gasteiger partial charge on any atom is -0.467 e. The number of benzene rings is 2. The van der Waals surface area contributed by atoms with Crippen molar-refractivity contribution in [2.75, 3.05) is 45.2 Å². The molecule has 2 aromatic carbocycles. The Kier molecular flexibility index (Phi) is 8.85. The van der Waals surface area contributed by atoms with E-state index in [1.807, 2.05) is 12.1 Å². The predicted octanol–water partition coefficient (Wildman–Crippen LogP) is 3.79. The Morgan fingerprint density at radius 1 is 1.08 bits per heavy atom. The van der Waals surface area contributed by atoms with Crippen molar-refractivity contribution in [2.24, 2.45) is 0 Å². The first-order valence-corrected chi connectivity index (χ1v) is 12.8. The molecular weight excluding hydrogens is 466 g/mol. The van der Waals surface area contributed by atoms with Crippen molar-refractivity contribution >= 4 is 28.2 Å². The molecule has 0 saturated carbocycles. The molecule has 8 nitrogen and oxygen atoms in total. The number of methoxy groups -OCH3 is 1. The molecule has 8 heteroatoms. The lowest BCUT2D eigenvalue weighted by Crippen LogP contribution is -2.35. The number of carbonyl (C=O) groups excluding carboxylic acids is 2. The number of rotatable bonds is 7. The van der Waals surface area contributed by atoms with Gasteiger partial charge in [0.15, 0.2) is 5.78 Å². The number of aromatic nitrogens is 2. The van der Waals surface area contributed by atoms with Gasteiger partial charge in [0.05, 0.1) is 19.3 Å². The highest BCUT2D eigenvalue weighted by Crippen LogP contribution is 2.31. The van der Waals surface area contributed by atoms with Crippen molar-refractivity contribution in [3.05, 3.63) is 72.1 Å². The molecule has 2 aliphatic heterocycles. The molecule has 3 aromatic rings. The van der Waals surface area contributed by atoms with E-state index in [1.165, 1.54) is 49.9 Å². The molecule has 1 aromatic heterocycles. The SMILES string of the molecule is C=CC(=O)CCNC(=O)c1nc(OC)nc2c1CCN(c1cccc3ccccc13)C2.CN1CCCC1. The largest absolute Gasteiger partial charge is 0.467 e. The van der Waals surface area contributed by atoms with Crippen molar-refractivity contribution in [1.82, 2.24) is 20.2 Å². The third-order valence-corrected chi connectivity index (χ3v) is 6.76. The molecule has 0 spiro atoms. The Morgan fingerprint density at radius 3 is 2.54 bits per heavy atom. The monoisotopic (exact) mass is 501 g/mol. The molecule has 1 saturated heterocycles. The number of carbonyl (C=O) groups is 2. The summed E-state index contributed by atoms with van der Waals surface area (Å²) >= 11 is 0. The maximum atomic E-state index is 12.8. The predicted molar refractivity (Wildman–Crippen MR) is 146 cm³/mol. The number of hydrogen-bond acceptors (Lipinski definition) is 7. The van der Waals surface area contributed by atoms with Gasteiger partial charge in [-0.05, 0) is 56.9 Å². The van der Waals surface area contributed by atoms with Gasteiger partial charge in [-0.1, -0.05) is 43.0 Å². The molecule has 37 heavy (non-hydrogen) atoms. The summed E-state index contributed by atoms with van der Waals surface area (Å²) < 4.78 is 5.25. The molecule has 5 rings (SSSR count). The van der Waals surface area contributed by atoms with Crippen LogP contribution in [-0.2, 0) is 17.8 Å². The van der Waals surface area contributed by atoms with Gasteiger partial charge in [-0.15, -0.1) is 0 Å². The van der Waals surface area contributed by atoms with Crippen molar-refractivity contribution in [3.8, 4) is 6.01 Å². The molecule has 1 fully saturated rings. The van der Waals surface area contributed by atoms with Crippen LogP contribution in [0, 0.1) is 0 Å². The van der Waals surface area contributed by atoms with Crippen molar-refractivity contribution in [1.29, 1.82) is 0 Å². The van der Waals surface area contributed by atoms with Gasteiger partial charge >= 0.3 is 6.01 Å². The molecule has 1 N–H and O–H groups in total. The first kappa shape index (κ1) is 26.3. The van der Waals surface area contributed by atoms with Gasteiger partial charge in [0.1, 0.15) is 5.69 Å². The molecule has 1 amide bonds. The summed E-state index contributed by atoms with van der Waals surface area (Å²) in [7, 11) is 3.66. The number of fused-ring (bicyclic) bond motifs is 2. The Labute approximate surface area is 218 Å². The topological polar surface area (TPSA) is 87.7 Å². The number of hydrogen-bond donors (Lipinski definition) is 1. The Bertz CT molecular complexity index is 1260. The van der Waals surface area contributed by atoms with Gasteiger partial charge < -0.3 is 19.9 Å². The van der Waals surface area contributed by atoms with Gasteiger partial charge in [0, 0.05) is 36.1 Å². The number of ether oxygens (including phenoxy) is 1. The fourth-order valence-electron chi connectivity index (χ4n) is 4.74. The quantitative estimate of drug-likeness (QED) is 0.493. The maximum Gasteiger partial charge on any atom is 0.317 e. The third-order valence-electron chi connectivity index (χ3n) is 6.76. The molecule has 0 unspecified atom stereocenters. The van der Waals surface area contributed by atoms with Crippen LogP contribution in [0.4, 0.5) is 5.69 Å². The normalized spacial score (nSPS) is 14.9. The Hall–Kier alpha value is -3.78. The number of nitrogens with zero attached hydrogens (tertiary/aromatic N) is 4. The number of nitrogens with one attached hydrogen (secondary N) is 1. The van der Waals surface area contributed by atoms with Crippen LogP contribution in [0.3, 0.4) is 0 Å². The van der Waals surface area contributed by atoms with Crippen molar-refractivity contribution in [3.63, 3.8) is 0 Å². The zero-order valence-electron chi connectivity index (χ0n) is 21.7. The Morgan fingerprint density at radius 2 is 1.84 bits per heavy atom. The molecule has 2 aliphatic rings. The summed E-state index contributed by atoms with van der Waals surface area (Å²) in [6.45, 7) is 7.61. The van der Waals surface area contributed by atoms with Gasteiger partial charge in [-0.2, -0.15) is 9.97 Å². The second-order valence-corrected chi connectivity index (χ2v) is 9.34. The highest BCUT2D eigenvalue weighted by atomic mass is 16.5. The molecule has 0 atom stereocenters. The van der Waals surface area contributed by atoms with Crippen LogP contribution >= 0.6 is 0 Å². The zero-order valence-corrected chi connectivity index (χ0v) is 21.7. The van der Waals surface area contributed by atoms with E-state index in [9.17, 15) is 9.59 Å².